The average molecular weight is 396 g/mol. The zero-order chi connectivity index (χ0) is 21.1. The second kappa shape index (κ2) is 8.30. The van der Waals surface area contributed by atoms with E-state index in [1.54, 1.807) is 13.0 Å². The van der Waals surface area contributed by atoms with E-state index in [2.05, 4.69) is 28.6 Å². The standard InChI is InChI=1S/C21H24N4O4/c1-5-15(8-20(27)28)10-22-14(4)23-19(26)11-25-13(3)17-9-18(16-6-7-16)29-21(17)12(2)24-25/h5,9-10,16H,3-4,6-8,11H2,1-2H3,(H,23,26)(H,27,28)/b15-5-,22-10-. The molecule has 3 rings (SSSR count). The number of hydrogen-bond donors (Lipinski definition) is 2. The zero-order valence-electron chi connectivity index (χ0n) is 16.6. The molecule has 0 atom stereocenters. The Morgan fingerprint density at radius 1 is 1.48 bits per heavy atom. The summed E-state index contributed by atoms with van der Waals surface area (Å²) in [6.07, 6.45) is 5.12. The second-order valence-corrected chi connectivity index (χ2v) is 7.04. The van der Waals surface area contributed by atoms with Gasteiger partial charge in [0.1, 0.15) is 23.8 Å². The quantitative estimate of drug-likeness (QED) is 0.656. The minimum absolute atomic E-state index is 0.0559. The van der Waals surface area contributed by atoms with Crippen molar-refractivity contribution in [1.29, 1.82) is 0 Å². The molecule has 1 saturated carbocycles. The van der Waals surface area contributed by atoms with Gasteiger partial charge >= 0.3 is 5.97 Å². The molecule has 0 saturated heterocycles. The third-order valence-corrected chi connectivity index (χ3v) is 4.64. The summed E-state index contributed by atoms with van der Waals surface area (Å²) in [6.45, 7) is 11.2. The van der Waals surface area contributed by atoms with E-state index in [4.69, 9.17) is 9.52 Å². The summed E-state index contributed by atoms with van der Waals surface area (Å²) in [7, 11) is 0. The number of nitrogens with one attached hydrogen (secondary N) is 1. The first-order valence-corrected chi connectivity index (χ1v) is 9.34. The number of hydrogen-bond acceptors (Lipinski definition) is 6. The summed E-state index contributed by atoms with van der Waals surface area (Å²) >= 11 is 0. The highest BCUT2D eigenvalue weighted by Crippen LogP contribution is 2.43. The molecule has 1 aliphatic heterocycles. The van der Waals surface area contributed by atoms with Crippen LogP contribution in [0.15, 0.2) is 51.2 Å². The van der Waals surface area contributed by atoms with E-state index in [0.29, 0.717) is 28.7 Å². The minimum atomic E-state index is -0.959. The fourth-order valence-electron chi connectivity index (χ4n) is 2.95. The van der Waals surface area contributed by atoms with Gasteiger partial charge in [-0.15, -0.1) is 0 Å². The Hall–Kier alpha value is -3.42. The second-order valence-electron chi connectivity index (χ2n) is 7.04. The van der Waals surface area contributed by atoms with Crippen LogP contribution in [0.5, 0.6) is 0 Å². The summed E-state index contributed by atoms with van der Waals surface area (Å²) < 4.78 is 5.92. The molecule has 1 amide bonds. The van der Waals surface area contributed by atoms with Crippen molar-refractivity contribution in [2.75, 3.05) is 6.54 Å². The molecule has 2 aliphatic rings. The molecule has 0 spiro atoms. The number of rotatable bonds is 8. The Morgan fingerprint density at radius 2 is 2.21 bits per heavy atom. The van der Waals surface area contributed by atoms with E-state index in [9.17, 15) is 9.59 Å². The van der Waals surface area contributed by atoms with Crippen molar-refractivity contribution in [3.63, 3.8) is 0 Å². The third kappa shape index (κ3) is 4.90. The lowest BCUT2D eigenvalue weighted by Crippen LogP contribution is -2.34. The topological polar surface area (TPSA) is 107 Å². The zero-order valence-corrected chi connectivity index (χ0v) is 16.6. The number of hydrazone groups is 1. The number of carbonyl (C=O) groups is 2. The molecule has 8 nitrogen and oxygen atoms in total. The summed E-state index contributed by atoms with van der Waals surface area (Å²) in [5.41, 5.74) is 2.66. The van der Waals surface area contributed by atoms with Gasteiger partial charge in [0.05, 0.1) is 12.1 Å². The molecule has 0 unspecified atom stereocenters. The molecule has 0 bridgehead atoms. The molecule has 0 aromatic carbocycles. The first-order chi connectivity index (χ1) is 13.8. The van der Waals surface area contributed by atoms with Gasteiger partial charge in [-0.2, -0.15) is 5.10 Å². The van der Waals surface area contributed by atoms with E-state index in [1.807, 2.05) is 13.0 Å². The maximum Gasteiger partial charge on any atom is 0.307 e. The highest BCUT2D eigenvalue weighted by Gasteiger charge is 2.32. The molecule has 1 fully saturated rings. The molecule has 8 heteroatoms. The van der Waals surface area contributed by atoms with Crippen LogP contribution in [0.25, 0.3) is 5.70 Å². The summed E-state index contributed by atoms with van der Waals surface area (Å²) in [6, 6.07) is 1.99. The normalized spacial score (nSPS) is 16.6. The fourth-order valence-corrected chi connectivity index (χ4v) is 2.95. The van der Waals surface area contributed by atoms with E-state index in [-0.39, 0.29) is 24.7 Å². The minimum Gasteiger partial charge on any atom is -0.481 e. The SMILES string of the molecule is C=C(/N=C\C(=C/C)CC(=O)O)NC(=O)CN1N=C(C)c2oc(C3CC3)cc2C1=C. The van der Waals surface area contributed by atoms with Crippen molar-refractivity contribution in [2.45, 2.75) is 39.0 Å². The Labute approximate surface area is 169 Å². The number of aliphatic carboxylic acids is 1. The predicted molar refractivity (Wildman–Crippen MR) is 110 cm³/mol. The number of carboxylic acid groups (broad SMARTS) is 1. The van der Waals surface area contributed by atoms with E-state index in [0.717, 1.165) is 24.2 Å². The van der Waals surface area contributed by atoms with E-state index < -0.39 is 5.97 Å². The van der Waals surface area contributed by atoms with Crippen molar-refractivity contribution in [1.82, 2.24) is 10.3 Å². The number of allylic oxidation sites excluding steroid dienone is 1. The largest absolute Gasteiger partial charge is 0.481 e. The fraction of sp³-hybridized carbons (Fsp3) is 0.333. The van der Waals surface area contributed by atoms with Crippen LogP contribution in [0.2, 0.25) is 0 Å². The van der Waals surface area contributed by atoms with Gasteiger partial charge in [-0.05, 0) is 38.3 Å². The van der Waals surface area contributed by atoms with Gasteiger partial charge in [-0.25, -0.2) is 4.99 Å². The lowest BCUT2D eigenvalue weighted by Gasteiger charge is -2.25. The first kappa shape index (κ1) is 20.3. The number of carboxylic acids is 1. The van der Waals surface area contributed by atoms with Crippen LogP contribution in [-0.4, -0.2) is 40.5 Å². The van der Waals surface area contributed by atoms with Crippen LogP contribution in [0.1, 0.15) is 56.1 Å². The maximum atomic E-state index is 12.4. The molecule has 2 heterocycles. The van der Waals surface area contributed by atoms with Gasteiger partial charge in [-0.3, -0.25) is 14.6 Å². The molecule has 1 aromatic rings. The van der Waals surface area contributed by atoms with E-state index >= 15 is 0 Å². The molecule has 152 valence electrons. The number of aliphatic imine (C=N–C) groups is 1. The van der Waals surface area contributed by atoms with Crippen LogP contribution in [0.4, 0.5) is 0 Å². The van der Waals surface area contributed by atoms with Gasteiger partial charge in [0.2, 0.25) is 5.91 Å². The van der Waals surface area contributed by atoms with Crippen LogP contribution in [0, 0.1) is 0 Å². The lowest BCUT2D eigenvalue weighted by molar-refractivity contribution is -0.136. The Kier molecular flexibility index (Phi) is 5.81. The molecule has 0 radical (unpaired) electrons. The van der Waals surface area contributed by atoms with Crippen molar-refractivity contribution in [2.24, 2.45) is 10.1 Å². The highest BCUT2D eigenvalue weighted by atomic mass is 16.4. The molecule has 1 aliphatic carbocycles. The van der Waals surface area contributed by atoms with Crippen LogP contribution in [0.3, 0.4) is 0 Å². The van der Waals surface area contributed by atoms with Crippen molar-refractivity contribution >= 4 is 29.5 Å². The van der Waals surface area contributed by atoms with Gasteiger partial charge in [0.15, 0.2) is 5.76 Å². The smallest absolute Gasteiger partial charge is 0.307 e. The molecular weight excluding hydrogens is 372 g/mol. The predicted octanol–water partition coefficient (Wildman–Crippen LogP) is 3.25. The lowest BCUT2D eigenvalue weighted by atomic mass is 10.1. The van der Waals surface area contributed by atoms with E-state index in [1.165, 1.54) is 11.2 Å². The van der Waals surface area contributed by atoms with Crippen LogP contribution in [-0.2, 0) is 9.59 Å². The van der Waals surface area contributed by atoms with Crippen molar-refractivity contribution in [3.05, 3.63) is 53.8 Å². The monoisotopic (exact) mass is 396 g/mol. The molecule has 29 heavy (non-hydrogen) atoms. The number of nitrogens with zero attached hydrogens (tertiary/aromatic N) is 3. The maximum absolute atomic E-state index is 12.4. The Balaban J connectivity index is 1.60. The highest BCUT2D eigenvalue weighted by molar-refractivity contribution is 6.02. The van der Waals surface area contributed by atoms with Gasteiger partial charge in [0, 0.05) is 17.7 Å². The number of furan rings is 1. The number of carbonyl (C=O) groups excluding carboxylic acids is 1. The third-order valence-electron chi connectivity index (χ3n) is 4.64. The summed E-state index contributed by atoms with van der Waals surface area (Å²) in [5.74, 6) is 0.921. The molecule has 2 N–H and O–H groups in total. The molecule has 1 aromatic heterocycles. The van der Waals surface area contributed by atoms with Crippen molar-refractivity contribution in [3.8, 4) is 0 Å². The Bertz CT molecular complexity index is 963. The van der Waals surface area contributed by atoms with Gasteiger partial charge in [-0.1, -0.05) is 19.2 Å². The molecular formula is C21H24N4O4. The van der Waals surface area contributed by atoms with Gasteiger partial charge in [0.25, 0.3) is 0 Å². The van der Waals surface area contributed by atoms with Gasteiger partial charge < -0.3 is 14.8 Å². The van der Waals surface area contributed by atoms with Crippen molar-refractivity contribution < 1.29 is 19.1 Å². The Morgan fingerprint density at radius 3 is 2.83 bits per heavy atom. The summed E-state index contributed by atoms with van der Waals surface area (Å²) in [5, 5.41) is 17.3. The van der Waals surface area contributed by atoms with Crippen LogP contribution >= 0.6 is 0 Å². The number of fused-ring (bicyclic) bond motifs is 1. The van der Waals surface area contributed by atoms with Crippen LogP contribution < -0.4 is 5.32 Å². The number of amides is 1. The first-order valence-electron chi connectivity index (χ1n) is 9.34. The summed E-state index contributed by atoms with van der Waals surface area (Å²) in [4.78, 5) is 27.1. The average Bonchev–Trinajstić information content (AvgIpc) is 3.40.